The molecule has 5 rings (SSSR count). The number of hydrogen-bond donors (Lipinski definition) is 3. The quantitative estimate of drug-likeness (QED) is 0.358. The van der Waals surface area contributed by atoms with E-state index in [1.165, 1.54) is 6.42 Å². The summed E-state index contributed by atoms with van der Waals surface area (Å²) in [4.78, 5) is 57.2. The summed E-state index contributed by atoms with van der Waals surface area (Å²) in [5, 5.41) is 17.7. The van der Waals surface area contributed by atoms with Crippen LogP contribution < -0.4 is 20.4 Å². The van der Waals surface area contributed by atoms with Gasteiger partial charge < -0.3 is 30.4 Å². The number of carbonyl (C=O) groups excluding carboxylic acids is 4. The molecule has 2 aromatic carbocycles. The fourth-order valence-corrected chi connectivity index (χ4v) is 6.50. The summed E-state index contributed by atoms with van der Waals surface area (Å²) in [6.45, 7) is 3.47. The van der Waals surface area contributed by atoms with Crippen molar-refractivity contribution in [2.24, 2.45) is 0 Å². The minimum atomic E-state index is -1.04. The van der Waals surface area contributed by atoms with E-state index in [4.69, 9.17) is 0 Å². The monoisotopic (exact) mass is 603 g/mol. The van der Waals surface area contributed by atoms with Gasteiger partial charge in [-0.05, 0) is 62.8 Å². The summed E-state index contributed by atoms with van der Waals surface area (Å²) in [5.74, 6) is -0.435. The fraction of sp³-hybridized carbons (Fsp3) is 0.529. The number of rotatable bonds is 11. The number of amides is 5. The van der Waals surface area contributed by atoms with Crippen molar-refractivity contribution < 1.29 is 24.3 Å². The second-order valence-corrected chi connectivity index (χ2v) is 12.2. The fourth-order valence-electron chi connectivity index (χ4n) is 6.50. The van der Waals surface area contributed by atoms with Crippen LogP contribution in [0.2, 0.25) is 0 Å². The Labute approximate surface area is 259 Å². The molecular weight excluding hydrogens is 558 g/mol. The van der Waals surface area contributed by atoms with Crippen molar-refractivity contribution in [1.29, 1.82) is 0 Å². The summed E-state index contributed by atoms with van der Waals surface area (Å²) in [6.07, 6.45) is 7.01. The van der Waals surface area contributed by atoms with E-state index in [1.54, 1.807) is 26.8 Å². The minimum absolute atomic E-state index is 0.00945. The molecule has 3 fully saturated rings. The molecule has 236 valence electrons. The maximum absolute atomic E-state index is 13.9. The zero-order valence-corrected chi connectivity index (χ0v) is 25.7. The smallest absolute Gasteiger partial charge is 0.317 e. The number of nitrogens with one attached hydrogen (secondary N) is 2. The SMILES string of the molecule is CCN(CC(O)C(Cc1ccccc1)NC(=O)c1cc(N2CCCC2=O)cc(N2CCCC2=O)c1)C(=O)NC1CCCCC1. The second-order valence-electron chi connectivity index (χ2n) is 12.2. The van der Waals surface area contributed by atoms with Gasteiger partial charge in [0.25, 0.3) is 5.91 Å². The number of urea groups is 1. The summed E-state index contributed by atoms with van der Waals surface area (Å²) in [5.41, 5.74) is 2.42. The summed E-state index contributed by atoms with van der Waals surface area (Å²) >= 11 is 0. The maximum Gasteiger partial charge on any atom is 0.317 e. The Kier molecular flexibility index (Phi) is 10.5. The number of hydrogen-bond acceptors (Lipinski definition) is 5. The van der Waals surface area contributed by atoms with Crippen molar-refractivity contribution in [3.05, 3.63) is 59.7 Å². The molecule has 2 aliphatic heterocycles. The molecule has 10 heteroatoms. The number of aliphatic hydroxyl groups is 1. The third kappa shape index (κ3) is 7.77. The van der Waals surface area contributed by atoms with Gasteiger partial charge >= 0.3 is 6.03 Å². The maximum atomic E-state index is 13.9. The van der Waals surface area contributed by atoms with Crippen LogP contribution in [0.3, 0.4) is 0 Å². The summed E-state index contributed by atoms with van der Waals surface area (Å²) in [6, 6.07) is 14.0. The van der Waals surface area contributed by atoms with E-state index in [1.807, 2.05) is 43.3 Å². The molecule has 2 aromatic rings. The van der Waals surface area contributed by atoms with Crippen LogP contribution in [-0.4, -0.2) is 78.1 Å². The molecule has 5 amide bonds. The number of anilines is 2. The lowest BCUT2D eigenvalue weighted by molar-refractivity contribution is -0.117. The van der Waals surface area contributed by atoms with Gasteiger partial charge in [0, 0.05) is 55.5 Å². The van der Waals surface area contributed by atoms with Crippen molar-refractivity contribution in [3.8, 4) is 0 Å². The van der Waals surface area contributed by atoms with Gasteiger partial charge in [0.15, 0.2) is 0 Å². The molecule has 2 heterocycles. The predicted octanol–water partition coefficient (Wildman–Crippen LogP) is 4.01. The molecular formula is C34H45N5O5. The van der Waals surface area contributed by atoms with Crippen LogP contribution in [0.1, 0.15) is 80.6 Å². The molecule has 10 nitrogen and oxygen atoms in total. The number of nitrogens with zero attached hydrogens (tertiary/aromatic N) is 3. The lowest BCUT2D eigenvalue weighted by atomic mass is 9.96. The van der Waals surface area contributed by atoms with Gasteiger partial charge in [-0.2, -0.15) is 0 Å². The lowest BCUT2D eigenvalue weighted by Gasteiger charge is -2.32. The van der Waals surface area contributed by atoms with Crippen LogP contribution in [0.25, 0.3) is 0 Å². The highest BCUT2D eigenvalue weighted by molar-refractivity contribution is 6.03. The normalized spacial score (nSPS) is 18.8. The Morgan fingerprint density at radius 3 is 2.07 bits per heavy atom. The van der Waals surface area contributed by atoms with E-state index in [0.717, 1.165) is 44.1 Å². The average Bonchev–Trinajstić information content (AvgIpc) is 3.67. The molecule has 2 saturated heterocycles. The minimum Gasteiger partial charge on any atom is -0.389 e. The summed E-state index contributed by atoms with van der Waals surface area (Å²) < 4.78 is 0. The van der Waals surface area contributed by atoms with Crippen molar-refractivity contribution in [3.63, 3.8) is 0 Å². The van der Waals surface area contributed by atoms with Crippen LogP contribution in [0.15, 0.2) is 48.5 Å². The van der Waals surface area contributed by atoms with Gasteiger partial charge in [0.2, 0.25) is 11.8 Å². The molecule has 2 atom stereocenters. The highest BCUT2D eigenvalue weighted by Crippen LogP contribution is 2.31. The Morgan fingerprint density at radius 1 is 0.909 bits per heavy atom. The number of carbonyl (C=O) groups is 4. The molecule has 0 spiro atoms. The highest BCUT2D eigenvalue weighted by Gasteiger charge is 2.30. The molecule has 3 aliphatic rings. The van der Waals surface area contributed by atoms with Crippen molar-refractivity contribution >= 4 is 35.1 Å². The molecule has 3 N–H and O–H groups in total. The number of aliphatic hydroxyl groups excluding tert-OH is 1. The van der Waals surface area contributed by atoms with E-state index in [0.29, 0.717) is 55.8 Å². The van der Waals surface area contributed by atoms with Gasteiger partial charge in [0.1, 0.15) is 0 Å². The van der Waals surface area contributed by atoms with Crippen molar-refractivity contribution in [2.75, 3.05) is 36.0 Å². The van der Waals surface area contributed by atoms with E-state index in [9.17, 15) is 24.3 Å². The Bertz CT molecular complexity index is 1280. The molecule has 2 unspecified atom stereocenters. The third-order valence-corrected chi connectivity index (χ3v) is 9.02. The molecule has 1 aliphatic carbocycles. The van der Waals surface area contributed by atoms with Crippen LogP contribution >= 0.6 is 0 Å². The topological polar surface area (TPSA) is 122 Å². The van der Waals surface area contributed by atoms with Gasteiger partial charge in [-0.1, -0.05) is 49.6 Å². The predicted molar refractivity (Wildman–Crippen MR) is 170 cm³/mol. The molecule has 0 radical (unpaired) electrons. The van der Waals surface area contributed by atoms with Gasteiger partial charge in [0.05, 0.1) is 18.7 Å². The number of benzene rings is 2. The third-order valence-electron chi connectivity index (χ3n) is 9.02. The first kappa shape index (κ1) is 31.5. The van der Waals surface area contributed by atoms with Crippen LogP contribution in [0.4, 0.5) is 16.2 Å². The van der Waals surface area contributed by atoms with Gasteiger partial charge in [-0.15, -0.1) is 0 Å². The standard InChI is InChI=1S/C34H45N5O5/c1-2-37(34(44)35-26-13-7-4-8-14-26)23-30(40)29(19-24-11-5-3-6-12-24)36-33(43)25-20-27(38-17-9-15-31(38)41)22-28(21-25)39-18-10-16-32(39)42/h3,5-6,11-12,20-22,26,29-30,40H,2,4,7-10,13-19,23H2,1H3,(H,35,44)(H,36,43). The first-order valence-electron chi connectivity index (χ1n) is 16.2. The Morgan fingerprint density at radius 2 is 1.52 bits per heavy atom. The Balaban J connectivity index is 1.37. The molecule has 0 bridgehead atoms. The number of likely N-dealkylation sites (N-methyl/N-ethyl adjacent to an activating group) is 1. The average molecular weight is 604 g/mol. The van der Waals surface area contributed by atoms with E-state index in [-0.39, 0.29) is 30.4 Å². The Hall–Kier alpha value is -3.92. The summed E-state index contributed by atoms with van der Waals surface area (Å²) in [7, 11) is 0. The van der Waals surface area contributed by atoms with Gasteiger partial charge in [-0.3, -0.25) is 14.4 Å². The zero-order valence-electron chi connectivity index (χ0n) is 25.7. The molecule has 44 heavy (non-hydrogen) atoms. The van der Waals surface area contributed by atoms with E-state index >= 15 is 0 Å². The van der Waals surface area contributed by atoms with E-state index in [2.05, 4.69) is 10.6 Å². The molecule has 0 aromatic heterocycles. The largest absolute Gasteiger partial charge is 0.389 e. The van der Waals surface area contributed by atoms with Crippen LogP contribution in [0.5, 0.6) is 0 Å². The van der Waals surface area contributed by atoms with E-state index < -0.39 is 18.1 Å². The van der Waals surface area contributed by atoms with Crippen molar-refractivity contribution in [2.45, 2.75) is 89.3 Å². The highest BCUT2D eigenvalue weighted by atomic mass is 16.3. The first-order valence-corrected chi connectivity index (χ1v) is 16.2. The zero-order chi connectivity index (χ0) is 31.1. The van der Waals surface area contributed by atoms with Crippen molar-refractivity contribution in [1.82, 2.24) is 15.5 Å². The lowest BCUT2D eigenvalue weighted by Crippen LogP contribution is -2.53. The first-order chi connectivity index (χ1) is 21.3. The molecule has 1 saturated carbocycles. The van der Waals surface area contributed by atoms with Crippen LogP contribution in [-0.2, 0) is 16.0 Å². The second kappa shape index (κ2) is 14.7. The van der Waals surface area contributed by atoms with Gasteiger partial charge in [-0.25, -0.2) is 4.79 Å². The van der Waals surface area contributed by atoms with Crippen LogP contribution in [0, 0.1) is 0 Å².